The molecule has 30 heavy (non-hydrogen) atoms. The molecule has 0 radical (unpaired) electrons. The van der Waals surface area contributed by atoms with Crippen LogP contribution in [0.3, 0.4) is 0 Å². The van der Waals surface area contributed by atoms with E-state index in [1.165, 1.54) is 0 Å². The van der Waals surface area contributed by atoms with Gasteiger partial charge in [0.15, 0.2) is 0 Å². The van der Waals surface area contributed by atoms with Crippen molar-refractivity contribution in [3.63, 3.8) is 0 Å². The first-order valence-corrected chi connectivity index (χ1v) is 11.3. The molecule has 1 saturated carbocycles. The minimum atomic E-state index is -0.478. The lowest BCUT2D eigenvalue weighted by Gasteiger charge is -2.23. The summed E-state index contributed by atoms with van der Waals surface area (Å²) >= 11 is 6.52. The van der Waals surface area contributed by atoms with E-state index in [-0.39, 0.29) is 29.8 Å². The van der Waals surface area contributed by atoms with Crippen LogP contribution in [0.5, 0.6) is 5.75 Å². The number of ether oxygens (including phenoxy) is 2. The smallest absolute Gasteiger partial charge is 0.305 e. The third-order valence-electron chi connectivity index (χ3n) is 5.88. The van der Waals surface area contributed by atoms with E-state index in [1.54, 1.807) is 0 Å². The van der Waals surface area contributed by atoms with E-state index in [1.807, 2.05) is 32.9 Å². The number of hydrogen-bond acceptors (Lipinski definition) is 5. The monoisotopic (exact) mass is 438 g/mol. The van der Waals surface area contributed by atoms with Crippen LogP contribution < -0.4 is 4.74 Å². The Kier molecular flexibility index (Phi) is 10.2. The first-order chi connectivity index (χ1) is 14.4. The SMILES string of the molecule is CCOC(=O)CCC/C=C\C[C@@H]1[C@@H](COc2cc(C)c(CO)c(C)c2)[C@H](O)C[C@H]1Cl. The Balaban J connectivity index is 1.87. The third kappa shape index (κ3) is 7.00. The van der Waals surface area contributed by atoms with E-state index in [0.717, 1.165) is 41.7 Å². The van der Waals surface area contributed by atoms with Crippen molar-refractivity contribution < 1.29 is 24.5 Å². The van der Waals surface area contributed by atoms with Gasteiger partial charge in [-0.1, -0.05) is 12.2 Å². The van der Waals surface area contributed by atoms with Crippen LogP contribution in [0.2, 0.25) is 0 Å². The van der Waals surface area contributed by atoms with Gasteiger partial charge in [-0.2, -0.15) is 0 Å². The number of esters is 1. The number of aliphatic hydroxyl groups is 2. The molecule has 0 spiro atoms. The molecule has 2 N–H and O–H groups in total. The zero-order valence-corrected chi connectivity index (χ0v) is 19.0. The minimum absolute atomic E-state index is 0.0153. The number of allylic oxidation sites excluding steroid dienone is 2. The summed E-state index contributed by atoms with van der Waals surface area (Å²) in [5.74, 6) is 0.706. The Morgan fingerprint density at radius 2 is 1.93 bits per heavy atom. The number of carbonyl (C=O) groups is 1. The molecule has 0 unspecified atom stereocenters. The van der Waals surface area contributed by atoms with Crippen LogP contribution in [0.4, 0.5) is 0 Å². The van der Waals surface area contributed by atoms with Crippen molar-refractivity contribution in [3.05, 3.63) is 41.0 Å². The van der Waals surface area contributed by atoms with Crippen molar-refractivity contribution in [3.8, 4) is 5.75 Å². The van der Waals surface area contributed by atoms with E-state index < -0.39 is 6.10 Å². The summed E-state index contributed by atoms with van der Waals surface area (Å²) in [6, 6.07) is 3.85. The van der Waals surface area contributed by atoms with E-state index in [4.69, 9.17) is 21.1 Å². The molecule has 6 heteroatoms. The summed E-state index contributed by atoms with van der Waals surface area (Å²) in [4.78, 5) is 11.4. The fourth-order valence-electron chi connectivity index (χ4n) is 4.14. The Bertz CT molecular complexity index is 695. The first-order valence-electron chi connectivity index (χ1n) is 10.8. The van der Waals surface area contributed by atoms with Crippen molar-refractivity contribution in [2.24, 2.45) is 11.8 Å². The molecule has 1 aliphatic carbocycles. The van der Waals surface area contributed by atoms with Gasteiger partial charge in [-0.25, -0.2) is 0 Å². The number of halogens is 1. The topological polar surface area (TPSA) is 76.0 Å². The Hall–Kier alpha value is -1.56. The molecule has 0 aromatic heterocycles. The lowest BCUT2D eigenvalue weighted by Crippen LogP contribution is -2.27. The summed E-state index contributed by atoms with van der Waals surface area (Å²) in [5.41, 5.74) is 2.92. The second-order valence-electron chi connectivity index (χ2n) is 8.06. The lowest BCUT2D eigenvalue weighted by molar-refractivity contribution is -0.143. The number of unbranched alkanes of at least 4 members (excludes halogenated alkanes) is 1. The van der Waals surface area contributed by atoms with Gasteiger partial charge in [-0.15, -0.1) is 11.6 Å². The Morgan fingerprint density at radius 1 is 1.23 bits per heavy atom. The highest BCUT2D eigenvalue weighted by Crippen LogP contribution is 2.39. The van der Waals surface area contributed by atoms with Gasteiger partial charge in [-0.05, 0) is 81.2 Å². The number of carbonyl (C=O) groups excluding carboxylic acids is 1. The van der Waals surface area contributed by atoms with Crippen LogP contribution in [0, 0.1) is 25.7 Å². The minimum Gasteiger partial charge on any atom is -0.493 e. The molecule has 168 valence electrons. The number of aryl methyl sites for hydroxylation is 2. The maximum atomic E-state index is 11.4. The molecule has 2 rings (SSSR count). The van der Waals surface area contributed by atoms with Crippen LogP contribution in [0.25, 0.3) is 0 Å². The van der Waals surface area contributed by atoms with Crippen molar-refractivity contribution in [2.45, 2.75) is 71.0 Å². The molecule has 1 aromatic carbocycles. The molecule has 0 heterocycles. The predicted molar refractivity (Wildman–Crippen MR) is 119 cm³/mol. The number of alkyl halides is 1. The van der Waals surface area contributed by atoms with Gasteiger partial charge >= 0.3 is 5.97 Å². The number of rotatable bonds is 11. The zero-order valence-electron chi connectivity index (χ0n) is 18.3. The zero-order chi connectivity index (χ0) is 22.1. The molecule has 0 aliphatic heterocycles. The first kappa shape index (κ1) is 24.7. The van der Waals surface area contributed by atoms with Crippen molar-refractivity contribution in [1.29, 1.82) is 0 Å². The van der Waals surface area contributed by atoms with Gasteiger partial charge in [0.1, 0.15) is 5.75 Å². The largest absolute Gasteiger partial charge is 0.493 e. The maximum absolute atomic E-state index is 11.4. The molecular formula is C24H35ClO5. The quantitative estimate of drug-likeness (QED) is 0.231. The number of benzene rings is 1. The van der Waals surface area contributed by atoms with Crippen LogP contribution in [0.15, 0.2) is 24.3 Å². The fourth-order valence-corrected chi connectivity index (χ4v) is 4.61. The summed E-state index contributed by atoms with van der Waals surface area (Å²) in [6.07, 6.45) is 7.06. The molecule has 4 atom stereocenters. The molecule has 0 bridgehead atoms. The standard InChI is InChI=1S/C24H35ClO5/c1-4-29-24(28)10-8-6-5-7-9-19-21(23(27)13-22(19)25)15-30-18-11-16(2)20(14-26)17(3)12-18/h5,7,11-12,19,21-23,26-27H,4,6,8-10,13-15H2,1-3H3/b7-5-/t19-,21-,22-,23-/m1/s1. The highest BCUT2D eigenvalue weighted by atomic mass is 35.5. The average molecular weight is 439 g/mol. The van der Waals surface area contributed by atoms with E-state index in [2.05, 4.69) is 12.2 Å². The molecule has 1 aliphatic rings. The van der Waals surface area contributed by atoms with Crippen molar-refractivity contribution >= 4 is 17.6 Å². The second kappa shape index (κ2) is 12.3. The van der Waals surface area contributed by atoms with Gasteiger partial charge in [0, 0.05) is 17.7 Å². The number of aliphatic hydroxyl groups excluding tert-OH is 2. The molecule has 5 nitrogen and oxygen atoms in total. The summed E-state index contributed by atoms with van der Waals surface area (Å²) in [5, 5.41) is 19.9. The van der Waals surface area contributed by atoms with Crippen LogP contribution >= 0.6 is 11.6 Å². The summed E-state index contributed by atoms with van der Waals surface area (Å²) < 4.78 is 10.9. The molecule has 0 amide bonds. The van der Waals surface area contributed by atoms with Crippen LogP contribution in [-0.2, 0) is 16.1 Å². The Morgan fingerprint density at radius 3 is 2.57 bits per heavy atom. The molecule has 1 fully saturated rings. The van der Waals surface area contributed by atoms with Crippen molar-refractivity contribution in [2.75, 3.05) is 13.2 Å². The highest BCUT2D eigenvalue weighted by molar-refractivity contribution is 6.21. The third-order valence-corrected chi connectivity index (χ3v) is 6.38. The summed E-state index contributed by atoms with van der Waals surface area (Å²) in [6.45, 7) is 6.57. The normalized spacial score (nSPS) is 23.8. The van der Waals surface area contributed by atoms with Gasteiger partial charge in [0.05, 0.1) is 25.9 Å². The molecular weight excluding hydrogens is 404 g/mol. The van der Waals surface area contributed by atoms with Crippen LogP contribution in [-0.4, -0.2) is 40.9 Å². The van der Waals surface area contributed by atoms with Gasteiger partial charge in [0.2, 0.25) is 0 Å². The van der Waals surface area contributed by atoms with Crippen molar-refractivity contribution in [1.82, 2.24) is 0 Å². The van der Waals surface area contributed by atoms with Gasteiger partial charge in [-0.3, -0.25) is 4.79 Å². The average Bonchev–Trinajstić information content (AvgIpc) is 2.95. The van der Waals surface area contributed by atoms with E-state index in [9.17, 15) is 15.0 Å². The second-order valence-corrected chi connectivity index (χ2v) is 8.62. The van der Waals surface area contributed by atoms with Gasteiger partial charge < -0.3 is 19.7 Å². The van der Waals surface area contributed by atoms with E-state index in [0.29, 0.717) is 26.1 Å². The van der Waals surface area contributed by atoms with Gasteiger partial charge in [0.25, 0.3) is 0 Å². The van der Waals surface area contributed by atoms with Crippen LogP contribution in [0.1, 0.15) is 55.7 Å². The maximum Gasteiger partial charge on any atom is 0.305 e. The van der Waals surface area contributed by atoms with E-state index >= 15 is 0 Å². The predicted octanol–water partition coefficient (Wildman–Crippen LogP) is 4.46. The fraction of sp³-hybridized carbons (Fsp3) is 0.625. The highest BCUT2D eigenvalue weighted by Gasteiger charge is 2.41. The number of hydrogen-bond donors (Lipinski definition) is 2. The molecule has 1 aromatic rings. The Labute approximate surface area is 185 Å². The lowest BCUT2D eigenvalue weighted by atomic mass is 9.92. The molecule has 0 saturated heterocycles. The summed E-state index contributed by atoms with van der Waals surface area (Å²) in [7, 11) is 0.